The molecule has 0 aliphatic carbocycles. The molecule has 0 fully saturated rings. The Kier molecular flexibility index (Phi) is 5.04. The predicted molar refractivity (Wildman–Crippen MR) is 102 cm³/mol. The maximum Gasteiger partial charge on any atom is 0.270 e. The second-order valence-corrected chi connectivity index (χ2v) is 5.83. The van der Waals surface area contributed by atoms with Crippen LogP contribution in [0.1, 0.15) is 11.3 Å². The molecule has 0 radical (unpaired) electrons. The average Bonchev–Trinajstić information content (AvgIpc) is 2.65. The molecule has 6 nitrogen and oxygen atoms in total. The van der Waals surface area contributed by atoms with Crippen molar-refractivity contribution in [2.45, 2.75) is 0 Å². The van der Waals surface area contributed by atoms with E-state index in [9.17, 15) is 10.1 Å². The summed E-state index contributed by atoms with van der Waals surface area (Å²) >= 11 is 6.14. The van der Waals surface area contributed by atoms with Gasteiger partial charge in [0.25, 0.3) is 5.69 Å². The van der Waals surface area contributed by atoms with Crippen LogP contribution in [0.5, 0.6) is 11.5 Å². The van der Waals surface area contributed by atoms with Gasteiger partial charge in [0, 0.05) is 28.7 Å². The first-order chi connectivity index (χ1) is 12.5. The molecule has 0 aliphatic rings. The lowest BCUT2D eigenvalue weighted by molar-refractivity contribution is -0.384. The number of rotatable bonds is 5. The number of methoxy groups -OCH3 is 2. The molecule has 0 aliphatic heterocycles. The zero-order chi connectivity index (χ0) is 18.7. The van der Waals surface area contributed by atoms with Crippen LogP contribution in [-0.2, 0) is 0 Å². The van der Waals surface area contributed by atoms with Crippen LogP contribution in [0.4, 0.5) is 5.69 Å². The van der Waals surface area contributed by atoms with Gasteiger partial charge in [-0.15, -0.1) is 0 Å². The van der Waals surface area contributed by atoms with Crippen LogP contribution in [0, 0.1) is 10.1 Å². The average molecular weight is 371 g/mol. The standard InChI is InChI=1S/C19H15ClN2O4/c1-25-18-10-12-7-8-21-17(15(12)11-19(18)26-2)6-3-13-9-14(22(23)24)4-5-16(13)20/h3-11H,1-2H3/b6-3-. The van der Waals surface area contributed by atoms with Gasteiger partial charge in [0.15, 0.2) is 11.5 Å². The molecule has 3 aromatic rings. The molecular weight excluding hydrogens is 356 g/mol. The summed E-state index contributed by atoms with van der Waals surface area (Å²) in [6, 6.07) is 9.88. The van der Waals surface area contributed by atoms with E-state index in [-0.39, 0.29) is 5.69 Å². The molecule has 0 amide bonds. The highest BCUT2D eigenvalue weighted by Gasteiger charge is 2.10. The number of benzene rings is 2. The number of nitrogens with zero attached hydrogens (tertiary/aromatic N) is 2. The number of hydrogen-bond donors (Lipinski definition) is 0. The Labute approximate surface area is 154 Å². The highest BCUT2D eigenvalue weighted by Crippen LogP contribution is 2.33. The number of halogens is 1. The zero-order valence-corrected chi connectivity index (χ0v) is 14.9. The lowest BCUT2D eigenvalue weighted by Gasteiger charge is -2.10. The van der Waals surface area contributed by atoms with Gasteiger partial charge in [-0.05, 0) is 41.3 Å². The molecule has 3 rings (SSSR count). The molecule has 7 heteroatoms. The summed E-state index contributed by atoms with van der Waals surface area (Å²) in [7, 11) is 3.15. The number of aromatic nitrogens is 1. The van der Waals surface area contributed by atoms with Crippen LogP contribution in [0.3, 0.4) is 0 Å². The quantitative estimate of drug-likeness (QED) is 0.467. The van der Waals surface area contributed by atoms with Crippen molar-refractivity contribution in [3.8, 4) is 11.5 Å². The minimum Gasteiger partial charge on any atom is -0.493 e. The number of non-ortho nitro benzene ring substituents is 1. The fraction of sp³-hybridized carbons (Fsp3) is 0.105. The summed E-state index contributed by atoms with van der Waals surface area (Å²) in [5.74, 6) is 1.22. The summed E-state index contributed by atoms with van der Waals surface area (Å²) < 4.78 is 10.7. The van der Waals surface area contributed by atoms with Crippen molar-refractivity contribution in [1.82, 2.24) is 4.98 Å². The van der Waals surface area contributed by atoms with Crippen molar-refractivity contribution in [1.29, 1.82) is 0 Å². The molecule has 0 N–H and O–H groups in total. The SMILES string of the molecule is COc1cc2ccnc(/C=C\c3cc([N+](=O)[O-])ccc3Cl)c2cc1OC. The van der Waals surface area contributed by atoms with Gasteiger partial charge in [0.05, 0.1) is 24.8 Å². The van der Waals surface area contributed by atoms with E-state index >= 15 is 0 Å². The van der Waals surface area contributed by atoms with Crippen molar-refractivity contribution >= 4 is 40.2 Å². The molecule has 0 unspecified atom stereocenters. The van der Waals surface area contributed by atoms with Crippen molar-refractivity contribution in [3.05, 3.63) is 69.0 Å². The van der Waals surface area contributed by atoms with Crippen LogP contribution in [0.15, 0.2) is 42.6 Å². The van der Waals surface area contributed by atoms with Gasteiger partial charge in [-0.25, -0.2) is 0 Å². The van der Waals surface area contributed by atoms with E-state index in [0.29, 0.717) is 27.8 Å². The van der Waals surface area contributed by atoms with Gasteiger partial charge < -0.3 is 9.47 Å². The Bertz CT molecular complexity index is 1020. The maximum absolute atomic E-state index is 10.9. The lowest BCUT2D eigenvalue weighted by Crippen LogP contribution is -1.92. The van der Waals surface area contributed by atoms with Crippen LogP contribution >= 0.6 is 11.6 Å². The Morgan fingerprint density at radius 1 is 1.08 bits per heavy atom. The Morgan fingerprint density at radius 2 is 1.81 bits per heavy atom. The summed E-state index contributed by atoms with van der Waals surface area (Å²) in [4.78, 5) is 14.9. The Hall–Kier alpha value is -3.12. The summed E-state index contributed by atoms with van der Waals surface area (Å²) in [6.07, 6.45) is 5.15. The molecule has 1 aromatic heterocycles. The topological polar surface area (TPSA) is 74.5 Å². The van der Waals surface area contributed by atoms with Gasteiger partial charge >= 0.3 is 0 Å². The Morgan fingerprint density at radius 3 is 2.50 bits per heavy atom. The normalized spacial score (nSPS) is 11.0. The maximum atomic E-state index is 10.9. The van der Waals surface area contributed by atoms with Gasteiger partial charge in [0.2, 0.25) is 0 Å². The van der Waals surface area contributed by atoms with E-state index in [0.717, 1.165) is 10.8 Å². The first-order valence-electron chi connectivity index (χ1n) is 7.66. The molecule has 132 valence electrons. The number of hydrogen-bond acceptors (Lipinski definition) is 5. The third-order valence-electron chi connectivity index (χ3n) is 3.91. The van der Waals surface area contributed by atoms with Crippen LogP contribution < -0.4 is 9.47 Å². The second kappa shape index (κ2) is 7.41. The first kappa shape index (κ1) is 17.7. The number of fused-ring (bicyclic) bond motifs is 1. The van der Waals surface area contributed by atoms with E-state index in [4.69, 9.17) is 21.1 Å². The van der Waals surface area contributed by atoms with Crippen molar-refractivity contribution < 1.29 is 14.4 Å². The summed E-state index contributed by atoms with van der Waals surface area (Å²) in [5, 5.41) is 13.2. The number of nitro groups is 1. The summed E-state index contributed by atoms with van der Waals surface area (Å²) in [6.45, 7) is 0. The van der Waals surface area contributed by atoms with E-state index < -0.39 is 4.92 Å². The predicted octanol–water partition coefficient (Wildman–Crippen LogP) is 4.98. The monoisotopic (exact) mass is 370 g/mol. The molecule has 26 heavy (non-hydrogen) atoms. The van der Waals surface area contributed by atoms with Crippen molar-refractivity contribution in [3.63, 3.8) is 0 Å². The molecule has 0 spiro atoms. The third-order valence-corrected chi connectivity index (χ3v) is 4.25. The highest BCUT2D eigenvalue weighted by atomic mass is 35.5. The van der Waals surface area contributed by atoms with Gasteiger partial charge in [-0.1, -0.05) is 17.7 Å². The number of ether oxygens (including phenoxy) is 2. The van der Waals surface area contributed by atoms with Gasteiger partial charge in [0.1, 0.15) is 0 Å². The fourth-order valence-corrected chi connectivity index (χ4v) is 2.78. The lowest BCUT2D eigenvalue weighted by atomic mass is 10.1. The van der Waals surface area contributed by atoms with Crippen LogP contribution in [0.2, 0.25) is 5.02 Å². The summed E-state index contributed by atoms with van der Waals surface area (Å²) in [5.41, 5.74) is 1.21. The largest absolute Gasteiger partial charge is 0.493 e. The molecule has 0 bridgehead atoms. The molecule has 2 aromatic carbocycles. The smallest absolute Gasteiger partial charge is 0.270 e. The minimum absolute atomic E-state index is 0.0219. The van der Waals surface area contributed by atoms with E-state index in [2.05, 4.69) is 4.98 Å². The molecule has 0 saturated heterocycles. The Balaban J connectivity index is 2.08. The van der Waals surface area contributed by atoms with E-state index in [1.807, 2.05) is 18.2 Å². The minimum atomic E-state index is -0.457. The molecule has 0 atom stereocenters. The first-order valence-corrected chi connectivity index (χ1v) is 8.04. The molecule has 0 saturated carbocycles. The number of nitro benzene ring substituents is 1. The van der Waals surface area contributed by atoms with Crippen molar-refractivity contribution in [2.24, 2.45) is 0 Å². The van der Waals surface area contributed by atoms with E-state index in [1.54, 1.807) is 32.6 Å². The zero-order valence-electron chi connectivity index (χ0n) is 14.1. The highest BCUT2D eigenvalue weighted by molar-refractivity contribution is 6.32. The molecular formula is C19H15ClN2O4. The van der Waals surface area contributed by atoms with Crippen LogP contribution in [0.25, 0.3) is 22.9 Å². The van der Waals surface area contributed by atoms with Gasteiger partial charge in [-0.3, -0.25) is 15.1 Å². The second-order valence-electron chi connectivity index (χ2n) is 5.42. The van der Waals surface area contributed by atoms with Gasteiger partial charge in [-0.2, -0.15) is 0 Å². The van der Waals surface area contributed by atoms with Crippen molar-refractivity contribution in [2.75, 3.05) is 14.2 Å². The van der Waals surface area contributed by atoms with Crippen LogP contribution in [-0.4, -0.2) is 24.1 Å². The number of pyridine rings is 1. The molecule has 1 heterocycles. The fourth-order valence-electron chi connectivity index (χ4n) is 2.60. The third kappa shape index (κ3) is 3.45. The van der Waals surface area contributed by atoms with E-state index in [1.165, 1.54) is 18.2 Å².